The number of fused-ring (bicyclic) bond motifs is 1. The number of ether oxygens (including phenoxy) is 2. The van der Waals surface area contributed by atoms with Gasteiger partial charge in [0.15, 0.2) is 0 Å². The van der Waals surface area contributed by atoms with Crippen molar-refractivity contribution in [3.8, 4) is 0 Å². The Morgan fingerprint density at radius 3 is 3.00 bits per heavy atom. The number of carbonyl (C=O) groups excluding carboxylic acids is 1. The van der Waals surface area contributed by atoms with E-state index >= 15 is 0 Å². The molecule has 1 aromatic rings. The van der Waals surface area contributed by atoms with Gasteiger partial charge in [-0.15, -0.1) is 0 Å². The Balaban J connectivity index is 1.94. The first-order valence-electron chi connectivity index (χ1n) is 7.47. The van der Waals surface area contributed by atoms with Gasteiger partial charge in [0.25, 0.3) is 5.91 Å². The summed E-state index contributed by atoms with van der Waals surface area (Å²) in [6.45, 7) is 2.39. The number of hydrogen-bond donors (Lipinski definition) is 1. The van der Waals surface area contributed by atoms with Crippen LogP contribution >= 0.6 is 0 Å². The van der Waals surface area contributed by atoms with Crippen molar-refractivity contribution in [2.24, 2.45) is 0 Å². The maximum absolute atomic E-state index is 12.8. The van der Waals surface area contributed by atoms with Crippen molar-refractivity contribution < 1.29 is 24.2 Å². The van der Waals surface area contributed by atoms with Crippen molar-refractivity contribution in [2.75, 3.05) is 26.9 Å². The number of carboxylic acid groups (broad SMARTS) is 1. The molecule has 1 aromatic heterocycles. The van der Waals surface area contributed by atoms with E-state index in [1.165, 1.54) is 6.07 Å². The molecule has 7 heteroatoms. The Labute approximate surface area is 128 Å². The van der Waals surface area contributed by atoms with Crippen LogP contribution in [0, 0.1) is 0 Å². The van der Waals surface area contributed by atoms with E-state index in [1.54, 1.807) is 16.6 Å². The quantitative estimate of drug-likeness (QED) is 0.896. The fourth-order valence-electron chi connectivity index (χ4n) is 3.31. The molecule has 0 aliphatic carbocycles. The molecule has 7 nitrogen and oxygen atoms in total. The number of amides is 1. The van der Waals surface area contributed by atoms with Gasteiger partial charge in [0.2, 0.25) is 0 Å². The molecule has 0 saturated carbocycles. The Hall–Kier alpha value is -1.86. The maximum atomic E-state index is 12.8. The third kappa shape index (κ3) is 2.50. The number of aromatic nitrogens is 1. The Morgan fingerprint density at radius 1 is 1.45 bits per heavy atom. The Bertz CT molecular complexity index is 595. The second-order valence-corrected chi connectivity index (χ2v) is 5.65. The highest BCUT2D eigenvalue weighted by Crippen LogP contribution is 2.26. The predicted octanol–water partition coefficient (Wildman–Crippen LogP) is 0.968. The topological polar surface area (TPSA) is 81.0 Å². The lowest BCUT2D eigenvalue weighted by Crippen LogP contribution is -2.38. The van der Waals surface area contributed by atoms with Crippen LogP contribution in [-0.2, 0) is 22.6 Å². The van der Waals surface area contributed by atoms with Crippen LogP contribution in [0.15, 0.2) is 6.07 Å². The predicted molar refractivity (Wildman–Crippen MR) is 77.0 cm³/mol. The van der Waals surface area contributed by atoms with Crippen molar-refractivity contribution >= 4 is 11.9 Å². The Morgan fingerprint density at radius 2 is 2.27 bits per heavy atom. The molecule has 1 N–H and O–H groups in total. The summed E-state index contributed by atoms with van der Waals surface area (Å²) >= 11 is 0. The molecule has 1 saturated heterocycles. The molecule has 1 unspecified atom stereocenters. The van der Waals surface area contributed by atoms with Crippen LogP contribution in [0.3, 0.4) is 0 Å². The number of rotatable bonds is 4. The summed E-state index contributed by atoms with van der Waals surface area (Å²) in [6.07, 6.45) is 1.86. The molecule has 0 aromatic carbocycles. The molecule has 1 atom stereocenters. The summed E-state index contributed by atoms with van der Waals surface area (Å²) in [4.78, 5) is 26.0. The van der Waals surface area contributed by atoms with E-state index in [9.17, 15) is 14.7 Å². The molecule has 1 fully saturated rings. The molecule has 0 spiro atoms. The largest absolute Gasteiger partial charge is 0.477 e. The lowest BCUT2D eigenvalue weighted by molar-refractivity contribution is 0.0593. The van der Waals surface area contributed by atoms with E-state index < -0.39 is 5.97 Å². The monoisotopic (exact) mass is 308 g/mol. The fraction of sp³-hybridized carbons (Fsp3) is 0.600. The van der Waals surface area contributed by atoms with E-state index in [2.05, 4.69) is 0 Å². The second kappa shape index (κ2) is 6.10. The van der Waals surface area contributed by atoms with E-state index in [1.807, 2.05) is 0 Å². The third-order valence-corrected chi connectivity index (χ3v) is 4.35. The molecule has 1 amide bonds. The van der Waals surface area contributed by atoms with E-state index in [4.69, 9.17) is 9.47 Å². The minimum Gasteiger partial charge on any atom is -0.477 e. The van der Waals surface area contributed by atoms with Gasteiger partial charge in [0.1, 0.15) is 5.69 Å². The summed E-state index contributed by atoms with van der Waals surface area (Å²) < 4.78 is 12.3. The van der Waals surface area contributed by atoms with E-state index in [0.717, 1.165) is 12.8 Å². The average molecular weight is 308 g/mol. The molecule has 22 heavy (non-hydrogen) atoms. The second-order valence-electron chi connectivity index (χ2n) is 5.65. The molecule has 0 radical (unpaired) electrons. The molecule has 3 heterocycles. The van der Waals surface area contributed by atoms with Crippen molar-refractivity contribution in [3.05, 3.63) is 23.0 Å². The first kappa shape index (κ1) is 15.1. The summed E-state index contributed by atoms with van der Waals surface area (Å²) in [7, 11) is 1.62. The summed E-state index contributed by atoms with van der Waals surface area (Å²) in [5, 5.41) is 9.33. The number of carbonyl (C=O) groups is 2. The highest BCUT2D eigenvalue weighted by atomic mass is 16.5. The third-order valence-electron chi connectivity index (χ3n) is 4.35. The lowest BCUT2D eigenvalue weighted by Gasteiger charge is -2.25. The first-order valence-corrected chi connectivity index (χ1v) is 7.47. The number of aromatic carboxylic acids is 1. The van der Waals surface area contributed by atoms with Crippen LogP contribution in [0.2, 0.25) is 0 Å². The summed E-state index contributed by atoms with van der Waals surface area (Å²) in [5.74, 6) is -1.14. The van der Waals surface area contributed by atoms with Gasteiger partial charge in [0, 0.05) is 20.2 Å². The minimum atomic E-state index is -1.02. The SMILES string of the molecule is COCC1CCCN1C(=O)c1cc(C(=O)O)n2c1COCC2. The highest BCUT2D eigenvalue weighted by Gasteiger charge is 2.33. The zero-order chi connectivity index (χ0) is 15.7. The standard InChI is InChI=1S/C15H20N2O5/c1-21-8-10-3-2-4-16(10)14(18)11-7-12(15(19)20)17-5-6-22-9-13(11)17/h7,10H,2-6,8-9H2,1H3,(H,19,20). The van der Waals surface area contributed by atoms with Gasteiger partial charge in [0.05, 0.1) is 37.1 Å². The molecule has 120 valence electrons. The fourth-order valence-corrected chi connectivity index (χ4v) is 3.31. The lowest BCUT2D eigenvalue weighted by atomic mass is 10.1. The van der Waals surface area contributed by atoms with Crippen LogP contribution in [0.1, 0.15) is 39.4 Å². The van der Waals surface area contributed by atoms with Gasteiger partial charge in [-0.05, 0) is 18.9 Å². The van der Waals surface area contributed by atoms with Crippen molar-refractivity contribution in [1.82, 2.24) is 9.47 Å². The van der Waals surface area contributed by atoms with Crippen LogP contribution in [0.5, 0.6) is 0 Å². The van der Waals surface area contributed by atoms with Crippen molar-refractivity contribution in [2.45, 2.75) is 32.0 Å². The van der Waals surface area contributed by atoms with Gasteiger partial charge in [-0.25, -0.2) is 4.79 Å². The van der Waals surface area contributed by atoms with Crippen molar-refractivity contribution in [1.29, 1.82) is 0 Å². The van der Waals surface area contributed by atoms with Gasteiger partial charge < -0.3 is 24.0 Å². The van der Waals surface area contributed by atoms with E-state index in [0.29, 0.717) is 37.6 Å². The number of nitrogens with zero attached hydrogens (tertiary/aromatic N) is 2. The van der Waals surface area contributed by atoms with Crippen LogP contribution in [0.25, 0.3) is 0 Å². The normalized spacial score (nSPS) is 21.0. The minimum absolute atomic E-state index is 0.0610. The highest BCUT2D eigenvalue weighted by molar-refractivity contribution is 5.99. The smallest absolute Gasteiger partial charge is 0.352 e. The summed E-state index contributed by atoms with van der Waals surface area (Å²) in [6, 6.07) is 1.54. The molecule has 2 aliphatic rings. The molecule has 3 rings (SSSR count). The molecule has 2 aliphatic heterocycles. The van der Waals surface area contributed by atoms with Gasteiger partial charge >= 0.3 is 5.97 Å². The molecular weight excluding hydrogens is 288 g/mol. The molecular formula is C15H20N2O5. The number of methoxy groups -OCH3 is 1. The van der Waals surface area contributed by atoms with Crippen LogP contribution in [-0.4, -0.2) is 59.4 Å². The van der Waals surface area contributed by atoms with Gasteiger partial charge in [-0.3, -0.25) is 4.79 Å². The van der Waals surface area contributed by atoms with Crippen LogP contribution in [0.4, 0.5) is 0 Å². The number of hydrogen-bond acceptors (Lipinski definition) is 4. The summed E-state index contributed by atoms with van der Waals surface area (Å²) in [5.41, 5.74) is 1.26. The Kier molecular flexibility index (Phi) is 4.17. The maximum Gasteiger partial charge on any atom is 0.352 e. The average Bonchev–Trinajstić information content (AvgIpc) is 3.11. The molecule has 0 bridgehead atoms. The van der Waals surface area contributed by atoms with Gasteiger partial charge in [-0.2, -0.15) is 0 Å². The zero-order valence-corrected chi connectivity index (χ0v) is 12.6. The van der Waals surface area contributed by atoms with Gasteiger partial charge in [-0.1, -0.05) is 0 Å². The van der Waals surface area contributed by atoms with Crippen molar-refractivity contribution in [3.63, 3.8) is 0 Å². The number of likely N-dealkylation sites (tertiary alicyclic amines) is 1. The number of carboxylic acids is 1. The van der Waals surface area contributed by atoms with E-state index in [-0.39, 0.29) is 24.2 Å². The first-order chi connectivity index (χ1) is 10.6. The van der Waals surface area contributed by atoms with Crippen LogP contribution < -0.4 is 0 Å². The zero-order valence-electron chi connectivity index (χ0n) is 12.6.